The Balaban J connectivity index is 2.25. The number of hydrogen-bond donors (Lipinski definition) is 1. The topological polar surface area (TPSA) is 111 Å². The van der Waals surface area contributed by atoms with E-state index < -0.39 is 32.8 Å². The van der Waals surface area contributed by atoms with Crippen LogP contribution in [-0.4, -0.2) is 30.3 Å². The smallest absolute Gasteiger partial charge is 0.408 e. The predicted octanol–water partition coefficient (Wildman–Crippen LogP) is 4.31. The van der Waals surface area contributed by atoms with Gasteiger partial charge >= 0.3 is 11.3 Å². The Morgan fingerprint density at radius 2 is 1.93 bits per heavy atom. The number of amides is 1. The number of carbonyl (C=O) groups excluding carboxylic acids is 1. The first kappa shape index (κ1) is 23.2. The van der Waals surface area contributed by atoms with Crippen molar-refractivity contribution in [1.82, 2.24) is 15.5 Å². The molecular formula is C19H26ClN3O5S. The van der Waals surface area contributed by atoms with E-state index in [1.165, 1.54) is 0 Å². The average Bonchev–Trinajstić information content (AvgIpc) is 3.10. The molecule has 0 aliphatic carbocycles. The van der Waals surface area contributed by atoms with Gasteiger partial charge in [-0.05, 0) is 38.3 Å². The number of hydrogen-bond acceptors (Lipinski definition) is 7. The number of ether oxygens (including phenoxy) is 1. The van der Waals surface area contributed by atoms with Crippen molar-refractivity contribution in [2.45, 2.75) is 63.7 Å². The second-order valence-corrected chi connectivity index (χ2v) is 10.0. The molecule has 0 saturated carbocycles. The maximum atomic E-state index is 12.7. The molecule has 1 aromatic carbocycles. The molecule has 2 atom stereocenters. The highest BCUT2D eigenvalue weighted by Crippen LogP contribution is 2.27. The zero-order chi connectivity index (χ0) is 21.8. The SMILES string of the molecule is CC[C@@H](C)[C@H](NC(=O)OC(C)(C)C)c1nnc(S(=O)(=O)Cc2ccccc2Cl)o1. The summed E-state index contributed by atoms with van der Waals surface area (Å²) in [5, 5.41) is 10.1. The highest BCUT2D eigenvalue weighted by Gasteiger charge is 2.31. The molecule has 0 radical (unpaired) electrons. The summed E-state index contributed by atoms with van der Waals surface area (Å²) in [4.78, 5) is 12.2. The van der Waals surface area contributed by atoms with Crippen molar-refractivity contribution in [3.63, 3.8) is 0 Å². The van der Waals surface area contributed by atoms with E-state index in [0.29, 0.717) is 17.0 Å². The summed E-state index contributed by atoms with van der Waals surface area (Å²) in [7, 11) is -3.91. The fraction of sp³-hybridized carbons (Fsp3) is 0.526. The number of benzene rings is 1. The van der Waals surface area contributed by atoms with Gasteiger partial charge in [-0.3, -0.25) is 0 Å². The molecule has 0 spiro atoms. The summed E-state index contributed by atoms with van der Waals surface area (Å²) in [5.74, 6) is -0.466. The normalized spacial score (nSPS) is 14.3. The van der Waals surface area contributed by atoms with E-state index in [4.69, 9.17) is 20.8 Å². The van der Waals surface area contributed by atoms with E-state index in [2.05, 4.69) is 15.5 Å². The third kappa shape index (κ3) is 6.43. The van der Waals surface area contributed by atoms with E-state index in [1.54, 1.807) is 45.0 Å². The Hall–Kier alpha value is -2.13. The van der Waals surface area contributed by atoms with Crippen LogP contribution in [0, 0.1) is 5.92 Å². The lowest BCUT2D eigenvalue weighted by atomic mass is 9.99. The van der Waals surface area contributed by atoms with Crippen LogP contribution in [0.25, 0.3) is 0 Å². The maximum Gasteiger partial charge on any atom is 0.408 e. The molecule has 29 heavy (non-hydrogen) atoms. The van der Waals surface area contributed by atoms with E-state index in [-0.39, 0.29) is 17.6 Å². The Morgan fingerprint density at radius 3 is 2.52 bits per heavy atom. The molecular weight excluding hydrogens is 418 g/mol. The monoisotopic (exact) mass is 443 g/mol. The molecule has 2 rings (SSSR count). The van der Waals surface area contributed by atoms with Crippen LogP contribution < -0.4 is 5.32 Å². The molecule has 1 aromatic heterocycles. The Kier molecular flexibility index (Phi) is 7.29. The van der Waals surface area contributed by atoms with E-state index >= 15 is 0 Å². The van der Waals surface area contributed by atoms with Crippen molar-refractivity contribution in [2.24, 2.45) is 5.92 Å². The van der Waals surface area contributed by atoms with Crippen molar-refractivity contribution in [3.8, 4) is 0 Å². The number of alkyl carbamates (subject to hydrolysis) is 1. The molecule has 0 fully saturated rings. The van der Waals surface area contributed by atoms with Crippen molar-refractivity contribution in [2.75, 3.05) is 0 Å². The molecule has 0 aliphatic heterocycles. The molecule has 2 aromatic rings. The maximum absolute atomic E-state index is 12.7. The van der Waals surface area contributed by atoms with Crippen LogP contribution in [0.15, 0.2) is 33.9 Å². The first-order valence-electron chi connectivity index (χ1n) is 9.22. The Morgan fingerprint density at radius 1 is 1.28 bits per heavy atom. The lowest BCUT2D eigenvalue weighted by Crippen LogP contribution is -2.37. The highest BCUT2D eigenvalue weighted by molar-refractivity contribution is 7.90. The largest absolute Gasteiger partial charge is 0.444 e. The summed E-state index contributed by atoms with van der Waals surface area (Å²) < 4.78 is 36.1. The van der Waals surface area contributed by atoms with Crippen molar-refractivity contribution >= 4 is 27.5 Å². The number of sulfone groups is 1. The molecule has 0 unspecified atom stereocenters. The van der Waals surface area contributed by atoms with Crippen molar-refractivity contribution in [3.05, 3.63) is 40.7 Å². The standard InChI is InChI=1S/C19H26ClN3O5S/c1-6-12(2)15(21-17(24)28-19(3,4)5)16-22-23-18(27-16)29(25,26)11-13-9-7-8-10-14(13)20/h7-10,12,15H,6,11H2,1-5H3,(H,21,24)/t12-,15+/m1/s1. The van der Waals surface area contributed by atoms with E-state index in [1.807, 2.05) is 13.8 Å². The summed E-state index contributed by atoms with van der Waals surface area (Å²) in [6, 6.07) is 5.94. The van der Waals surface area contributed by atoms with Gasteiger partial charge in [-0.15, -0.1) is 5.10 Å². The van der Waals surface area contributed by atoms with Gasteiger partial charge in [0.1, 0.15) is 11.6 Å². The lowest BCUT2D eigenvalue weighted by molar-refractivity contribution is 0.0473. The summed E-state index contributed by atoms with van der Waals surface area (Å²) >= 11 is 6.05. The molecule has 10 heteroatoms. The van der Waals surface area contributed by atoms with Crippen LogP contribution in [0.4, 0.5) is 4.79 Å². The molecule has 1 N–H and O–H groups in total. The van der Waals surface area contributed by atoms with Crippen LogP contribution in [0.5, 0.6) is 0 Å². The quantitative estimate of drug-likeness (QED) is 0.678. The second-order valence-electron chi connectivity index (χ2n) is 7.77. The van der Waals surface area contributed by atoms with E-state index in [9.17, 15) is 13.2 Å². The van der Waals surface area contributed by atoms with Gasteiger partial charge in [0.2, 0.25) is 15.7 Å². The molecule has 160 valence electrons. The van der Waals surface area contributed by atoms with Gasteiger partial charge in [-0.1, -0.05) is 55.2 Å². The zero-order valence-corrected chi connectivity index (χ0v) is 18.7. The summed E-state index contributed by atoms with van der Waals surface area (Å²) in [5.41, 5.74) is -0.248. The van der Waals surface area contributed by atoms with Crippen LogP contribution in [0.3, 0.4) is 0 Å². The first-order chi connectivity index (χ1) is 13.4. The van der Waals surface area contributed by atoms with E-state index in [0.717, 1.165) is 0 Å². The van der Waals surface area contributed by atoms with Gasteiger partial charge in [-0.2, -0.15) is 0 Å². The predicted molar refractivity (Wildman–Crippen MR) is 108 cm³/mol. The van der Waals surface area contributed by atoms with Crippen LogP contribution >= 0.6 is 11.6 Å². The molecule has 1 heterocycles. The number of nitrogens with one attached hydrogen (secondary N) is 1. The number of halogens is 1. The van der Waals surface area contributed by atoms with Gasteiger partial charge in [0.05, 0.1) is 5.75 Å². The van der Waals surface area contributed by atoms with Gasteiger partial charge in [0, 0.05) is 5.02 Å². The van der Waals surface area contributed by atoms with Crippen LogP contribution in [0.2, 0.25) is 5.02 Å². The summed E-state index contributed by atoms with van der Waals surface area (Å²) in [6.45, 7) is 9.05. The minimum Gasteiger partial charge on any atom is -0.444 e. The molecule has 0 aliphatic rings. The lowest BCUT2D eigenvalue weighted by Gasteiger charge is -2.24. The van der Waals surface area contributed by atoms with Crippen LogP contribution in [-0.2, 0) is 20.3 Å². The average molecular weight is 444 g/mol. The van der Waals surface area contributed by atoms with Crippen LogP contribution in [0.1, 0.15) is 58.5 Å². The number of nitrogens with zero attached hydrogens (tertiary/aromatic N) is 2. The second kappa shape index (κ2) is 9.13. The zero-order valence-electron chi connectivity index (χ0n) is 17.1. The number of aromatic nitrogens is 2. The van der Waals surface area contributed by atoms with Gasteiger partial charge < -0.3 is 14.5 Å². The molecule has 1 amide bonds. The highest BCUT2D eigenvalue weighted by atomic mass is 35.5. The number of carbonyl (C=O) groups is 1. The van der Waals surface area contributed by atoms with Gasteiger partial charge in [0.15, 0.2) is 0 Å². The minimum absolute atomic E-state index is 0.00272. The molecule has 0 saturated heterocycles. The fourth-order valence-corrected chi connectivity index (χ4v) is 3.92. The Labute approximate surface area is 175 Å². The minimum atomic E-state index is -3.91. The Bertz CT molecular complexity index is 953. The van der Waals surface area contributed by atoms with Crippen molar-refractivity contribution in [1.29, 1.82) is 0 Å². The third-order valence-electron chi connectivity index (χ3n) is 4.14. The molecule has 8 nitrogen and oxygen atoms in total. The van der Waals surface area contributed by atoms with Gasteiger partial charge in [-0.25, -0.2) is 13.2 Å². The van der Waals surface area contributed by atoms with Gasteiger partial charge in [0.25, 0.3) is 0 Å². The van der Waals surface area contributed by atoms with Crippen molar-refractivity contribution < 1.29 is 22.4 Å². The first-order valence-corrected chi connectivity index (χ1v) is 11.2. The summed E-state index contributed by atoms with van der Waals surface area (Å²) in [6.07, 6.45) is 0.0337. The molecule has 0 bridgehead atoms. The fourth-order valence-electron chi connectivity index (χ4n) is 2.47. The number of rotatable bonds is 7. The third-order valence-corrected chi connectivity index (χ3v) is 5.90.